The molecule has 0 N–H and O–H groups in total. The number of hydrogen-bond donors (Lipinski definition) is 0. The number of carbonyl (C=O) groups excluding carboxylic acids is 1. The van der Waals surface area contributed by atoms with Gasteiger partial charge in [0.25, 0.3) is 11.8 Å². The molecule has 1 atom stereocenters. The molecule has 0 spiro atoms. The van der Waals surface area contributed by atoms with Crippen LogP contribution in [-0.4, -0.2) is 37.3 Å². The molecule has 1 fully saturated rings. The first-order valence-electron chi connectivity index (χ1n) is 8.78. The van der Waals surface area contributed by atoms with Crippen LogP contribution in [0.3, 0.4) is 0 Å². The van der Waals surface area contributed by atoms with Gasteiger partial charge in [-0.3, -0.25) is 9.48 Å². The van der Waals surface area contributed by atoms with Gasteiger partial charge in [-0.1, -0.05) is 18.0 Å². The van der Waals surface area contributed by atoms with Crippen LogP contribution in [0.25, 0.3) is 11.5 Å². The van der Waals surface area contributed by atoms with Gasteiger partial charge in [-0.2, -0.15) is 15.3 Å². The predicted molar refractivity (Wildman–Crippen MR) is 97.8 cm³/mol. The van der Waals surface area contributed by atoms with Crippen LogP contribution in [0.1, 0.15) is 52.8 Å². The van der Waals surface area contributed by atoms with Gasteiger partial charge in [-0.15, -0.1) is 11.3 Å². The fourth-order valence-corrected chi connectivity index (χ4v) is 4.13. The standard InChI is InChI=1S/C18H18N6O2S/c1-23-11-13(10-20-23)17-21-16(22-26-17)14-5-3-2-4-7-24(14)18(25)15-12(9-19)6-8-27-15/h6,8,10-11,14H,2-5,7H2,1H3/t14-/m1/s1. The Morgan fingerprint density at radius 2 is 2.30 bits per heavy atom. The number of aryl methyl sites for hydroxylation is 1. The highest BCUT2D eigenvalue weighted by Crippen LogP contribution is 2.32. The Balaban J connectivity index is 1.66. The molecule has 1 amide bonds. The van der Waals surface area contributed by atoms with E-state index in [0.717, 1.165) is 31.2 Å². The van der Waals surface area contributed by atoms with Crippen LogP contribution in [0.15, 0.2) is 28.4 Å². The summed E-state index contributed by atoms with van der Waals surface area (Å²) in [6.45, 7) is 0.614. The minimum absolute atomic E-state index is 0.138. The van der Waals surface area contributed by atoms with E-state index in [9.17, 15) is 10.1 Å². The van der Waals surface area contributed by atoms with Crippen LogP contribution in [0.5, 0.6) is 0 Å². The number of nitriles is 1. The van der Waals surface area contributed by atoms with Crippen molar-refractivity contribution >= 4 is 17.2 Å². The van der Waals surface area contributed by atoms with E-state index < -0.39 is 0 Å². The SMILES string of the molecule is Cn1cc(-c2nc([C@H]3CCCCCN3C(=O)c3sccc3C#N)no2)cn1. The summed E-state index contributed by atoms with van der Waals surface area (Å²) in [7, 11) is 1.82. The zero-order chi connectivity index (χ0) is 18.8. The van der Waals surface area contributed by atoms with Crippen molar-refractivity contribution in [3.63, 3.8) is 0 Å². The fraction of sp³-hybridized carbons (Fsp3) is 0.389. The number of rotatable bonds is 3. The van der Waals surface area contributed by atoms with Crippen molar-refractivity contribution < 1.29 is 9.32 Å². The Kier molecular flexibility index (Phi) is 4.73. The Morgan fingerprint density at radius 1 is 1.41 bits per heavy atom. The molecule has 3 aromatic heterocycles. The second-order valence-electron chi connectivity index (χ2n) is 6.50. The molecule has 0 unspecified atom stereocenters. The molecular formula is C18H18N6O2S. The smallest absolute Gasteiger partial charge is 0.265 e. The molecule has 27 heavy (non-hydrogen) atoms. The van der Waals surface area contributed by atoms with Gasteiger partial charge >= 0.3 is 0 Å². The second-order valence-corrected chi connectivity index (χ2v) is 7.42. The third-order valence-electron chi connectivity index (χ3n) is 4.69. The van der Waals surface area contributed by atoms with E-state index in [-0.39, 0.29) is 11.9 Å². The van der Waals surface area contributed by atoms with Crippen LogP contribution < -0.4 is 0 Å². The zero-order valence-electron chi connectivity index (χ0n) is 14.8. The lowest BCUT2D eigenvalue weighted by atomic mass is 10.1. The van der Waals surface area contributed by atoms with E-state index in [1.807, 2.05) is 7.05 Å². The molecule has 1 aliphatic rings. The molecule has 4 heterocycles. The zero-order valence-corrected chi connectivity index (χ0v) is 15.6. The van der Waals surface area contributed by atoms with Crippen molar-refractivity contribution in [1.82, 2.24) is 24.8 Å². The number of amides is 1. The number of likely N-dealkylation sites (tertiary alicyclic amines) is 1. The molecule has 138 valence electrons. The predicted octanol–water partition coefficient (Wildman–Crippen LogP) is 3.16. The van der Waals surface area contributed by atoms with Gasteiger partial charge in [-0.25, -0.2) is 0 Å². The molecule has 8 nitrogen and oxygen atoms in total. The first-order chi connectivity index (χ1) is 13.2. The summed E-state index contributed by atoms with van der Waals surface area (Å²) in [4.78, 5) is 19.9. The molecule has 0 bridgehead atoms. The van der Waals surface area contributed by atoms with Gasteiger partial charge in [-0.05, 0) is 24.3 Å². The number of aromatic nitrogens is 4. The number of hydrogen-bond acceptors (Lipinski definition) is 7. The molecule has 0 aromatic carbocycles. The number of nitrogens with zero attached hydrogens (tertiary/aromatic N) is 6. The molecule has 0 saturated carbocycles. The molecule has 3 aromatic rings. The Labute approximate surface area is 160 Å². The Morgan fingerprint density at radius 3 is 3.07 bits per heavy atom. The van der Waals surface area contributed by atoms with Crippen LogP contribution in [0.4, 0.5) is 0 Å². The van der Waals surface area contributed by atoms with E-state index >= 15 is 0 Å². The molecule has 9 heteroatoms. The third-order valence-corrected chi connectivity index (χ3v) is 5.59. The third kappa shape index (κ3) is 3.36. The molecular weight excluding hydrogens is 364 g/mol. The largest absolute Gasteiger partial charge is 0.334 e. The van der Waals surface area contributed by atoms with Gasteiger partial charge in [0.1, 0.15) is 10.9 Å². The minimum atomic E-state index is -0.261. The van der Waals surface area contributed by atoms with Gasteiger partial charge in [0, 0.05) is 19.8 Å². The van der Waals surface area contributed by atoms with E-state index in [4.69, 9.17) is 4.52 Å². The van der Waals surface area contributed by atoms with E-state index in [2.05, 4.69) is 21.3 Å². The molecule has 1 aliphatic heterocycles. The van der Waals surface area contributed by atoms with Crippen molar-refractivity contribution in [2.45, 2.75) is 31.7 Å². The molecule has 0 aliphatic carbocycles. The summed E-state index contributed by atoms with van der Waals surface area (Å²) >= 11 is 1.30. The highest BCUT2D eigenvalue weighted by Gasteiger charge is 2.32. The Bertz CT molecular complexity index is 998. The topological polar surface area (TPSA) is 101 Å². The Hall–Kier alpha value is -2.99. The number of thiophene rings is 1. The van der Waals surface area contributed by atoms with E-state index in [0.29, 0.717) is 28.7 Å². The maximum atomic E-state index is 13.1. The lowest BCUT2D eigenvalue weighted by Crippen LogP contribution is -2.35. The lowest BCUT2D eigenvalue weighted by Gasteiger charge is -2.27. The van der Waals surface area contributed by atoms with Gasteiger partial charge in [0.15, 0.2) is 5.82 Å². The average molecular weight is 382 g/mol. The first kappa shape index (κ1) is 17.4. The summed E-state index contributed by atoms with van der Waals surface area (Å²) in [6.07, 6.45) is 7.19. The fourth-order valence-electron chi connectivity index (χ4n) is 3.33. The maximum Gasteiger partial charge on any atom is 0.265 e. The second kappa shape index (κ2) is 7.32. The van der Waals surface area contributed by atoms with E-state index in [1.165, 1.54) is 11.3 Å². The lowest BCUT2D eigenvalue weighted by molar-refractivity contribution is 0.0675. The van der Waals surface area contributed by atoms with Gasteiger partial charge in [0.05, 0.1) is 23.4 Å². The summed E-state index contributed by atoms with van der Waals surface area (Å²) in [5.41, 5.74) is 1.16. The summed E-state index contributed by atoms with van der Waals surface area (Å²) in [5.74, 6) is 0.754. The van der Waals surface area contributed by atoms with Crippen LogP contribution in [0.2, 0.25) is 0 Å². The maximum absolute atomic E-state index is 13.1. The van der Waals surface area contributed by atoms with Crippen LogP contribution in [0, 0.1) is 11.3 Å². The van der Waals surface area contributed by atoms with E-state index in [1.54, 1.807) is 33.4 Å². The minimum Gasteiger partial charge on any atom is -0.334 e. The monoisotopic (exact) mass is 382 g/mol. The summed E-state index contributed by atoms with van der Waals surface area (Å²) in [5, 5.41) is 19.3. The molecule has 4 rings (SSSR count). The van der Waals surface area contributed by atoms with Crippen molar-refractivity contribution in [3.8, 4) is 17.5 Å². The van der Waals surface area contributed by atoms with Gasteiger partial charge < -0.3 is 9.42 Å². The highest BCUT2D eigenvalue weighted by molar-refractivity contribution is 7.12. The molecule has 1 saturated heterocycles. The average Bonchev–Trinajstić information content (AvgIpc) is 3.39. The quantitative estimate of drug-likeness (QED) is 0.690. The summed E-state index contributed by atoms with van der Waals surface area (Å²) < 4.78 is 7.09. The normalized spacial score (nSPS) is 17.5. The van der Waals surface area contributed by atoms with Crippen molar-refractivity contribution in [1.29, 1.82) is 5.26 Å². The van der Waals surface area contributed by atoms with Crippen molar-refractivity contribution in [2.24, 2.45) is 7.05 Å². The molecule has 0 radical (unpaired) electrons. The van der Waals surface area contributed by atoms with Crippen LogP contribution >= 0.6 is 11.3 Å². The number of carbonyl (C=O) groups is 1. The van der Waals surface area contributed by atoms with Crippen molar-refractivity contribution in [2.75, 3.05) is 6.54 Å². The first-order valence-corrected chi connectivity index (χ1v) is 9.66. The highest BCUT2D eigenvalue weighted by atomic mass is 32.1. The summed E-state index contributed by atoms with van der Waals surface area (Å²) in [6, 6.07) is 3.52. The van der Waals surface area contributed by atoms with Crippen LogP contribution in [-0.2, 0) is 7.05 Å². The van der Waals surface area contributed by atoms with Crippen molar-refractivity contribution in [3.05, 3.63) is 40.1 Å². The van der Waals surface area contributed by atoms with Gasteiger partial charge in [0.2, 0.25) is 0 Å².